The Morgan fingerprint density at radius 1 is 1.38 bits per heavy atom. The maximum absolute atomic E-state index is 13.9. The summed E-state index contributed by atoms with van der Waals surface area (Å²) in [4.78, 5) is 15.3. The van der Waals surface area contributed by atoms with Crippen LogP contribution in [0.15, 0.2) is 22.7 Å². The van der Waals surface area contributed by atoms with Gasteiger partial charge in [-0.25, -0.2) is 18.6 Å². The molecule has 0 radical (unpaired) electrons. The van der Waals surface area contributed by atoms with Gasteiger partial charge in [-0.05, 0) is 26.0 Å². The molecule has 5 nitrogen and oxygen atoms in total. The number of esters is 1. The molecule has 1 aromatic heterocycles. The van der Waals surface area contributed by atoms with Gasteiger partial charge in [-0.2, -0.15) is 0 Å². The van der Waals surface area contributed by atoms with E-state index in [1.165, 1.54) is 12.3 Å². The predicted octanol–water partition coefficient (Wildman–Crippen LogP) is 3.22. The Balaban J connectivity index is 2.25. The first kappa shape index (κ1) is 15.0. The van der Waals surface area contributed by atoms with Crippen LogP contribution in [0.1, 0.15) is 35.0 Å². The average molecular weight is 296 g/mol. The molecule has 0 aliphatic heterocycles. The number of anilines is 1. The van der Waals surface area contributed by atoms with Crippen molar-refractivity contribution in [3.05, 3.63) is 47.2 Å². The molecule has 1 heterocycles. The van der Waals surface area contributed by atoms with Crippen LogP contribution in [-0.2, 0) is 4.74 Å². The number of aromatic nitrogens is 1. The normalized spacial score (nSPS) is 12.0. The lowest BCUT2D eigenvalue weighted by molar-refractivity contribution is 0.0594. The van der Waals surface area contributed by atoms with Crippen LogP contribution in [0, 0.1) is 18.6 Å². The predicted molar refractivity (Wildman–Crippen MR) is 71.0 cm³/mol. The molecule has 1 N–H and O–H groups in total. The van der Waals surface area contributed by atoms with E-state index in [9.17, 15) is 13.6 Å². The number of methoxy groups -OCH3 is 1. The van der Waals surface area contributed by atoms with Crippen molar-refractivity contribution in [3.63, 3.8) is 0 Å². The van der Waals surface area contributed by atoms with Gasteiger partial charge >= 0.3 is 5.97 Å². The third-order valence-corrected chi connectivity index (χ3v) is 2.87. The number of carbonyl (C=O) groups is 1. The summed E-state index contributed by atoms with van der Waals surface area (Å²) >= 11 is 0. The molecule has 1 atom stereocenters. The van der Waals surface area contributed by atoms with Crippen molar-refractivity contribution < 1.29 is 22.7 Å². The fourth-order valence-corrected chi connectivity index (χ4v) is 1.80. The number of halogens is 2. The molecule has 1 unspecified atom stereocenters. The van der Waals surface area contributed by atoms with Crippen LogP contribution in [0.3, 0.4) is 0 Å². The Morgan fingerprint density at radius 3 is 2.67 bits per heavy atom. The maximum Gasteiger partial charge on any atom is 0.340 e. The Kier molecular flexibility index (Phi) is 4.21. The number of hydrogen-bond donors (Lipinski definition) is 1. The smallest absolute Gasteiger partial charge is 0.340 e. The van der Waals surface area contributed by atoms with E-state index in [0.717, 1.165) is 13.2 Å². The lowest BCUT2D eigenvalue weighted by Gasteiger charge is -2.14. The van der Waals surface area contributed by atoms with Gasteiger partial charge in [0.05, 0.1) is 24.6 Å². The van der Waals surface area contributed by atoms with Gasteiger partial charge in [0.2, 0.25) is 5.89 Å². The number of nitrogens with one attached hydrogen (secondary N) is 1. The van der Waals surface area contributed by atoms with Crippen LogP contribution in [0.2, 0.25) is 0 Å². The summed E-state index contributed by atoms with van der Waals surface area (Å²) in [5.74, 6) is -2.39. The van der Waals surface area contributed by atoms with Gasteiger partial charge in [0.25, 0.3) is 0 Å². The van der Waals surface area contributed by atoms with Crippen molar-refractivity contribution in [2.75, 3.05) is 12.4 Å². The van der Waals surface area contributed by atoms with Crippen molar-refractivity contribution in [1.29, 1.82) is 0 Å². The number of oxazole rings is 1. The van der Waals surface area contributed by atoms with Crippen molar-refractivity contribution in [3.8, 4) is 0 Å². The molecule has 112 valence electrons. The summed E-state index contributed by atoms with van der Waals surface area (Å²) in [6.07, 6.45) is 1.53. The van der Waals surface area contributed by atoms with Crippen molar-refractivity contribution in [2.24, 2.45) is 0 Å². The summed E-state index contributed by atoms with van der Waals surface area (Å²) in [5, 5.41) is 2.74. The Morgan fingerprint density at radius 2 is 2.10 bits per heavy atom. The molecule has 7 heteroatoms. The summed E-state index contributed by atoms with van der Waals surface area (Å²) in [6, 6.07) is 1.95. The molecule has 0 aliphatic rings. The van der Waals surface area contributed by atoms with Gasteiger partial charge in [-0.15, -0.1) is 0 Å². The first-order valence-electron chi connectivity index (χ1n) is 6.19. The molecule has 2 rings (SSSR count). The lowest BCUT2D eigenvalue weighted by Crippen LogP contribution is -2.12. The molecule has 21 heavy (non-hydrogen) atoms. The van der Waals surface area contributed by atoms with E-state index in [4.69, 9.17) is 4.42 Å². The molecule has 0 saturated carbocycles. The highest BCUT2D eigenvalue weighted by molar-refractivity contribution is 5.90. The van der Waals surface area contributed by atoms with E-state index >= 15 is 0 Å². The van der Waals surface area contributed by atoms with Gasteiger partial charge in [0.15, 0.2) is 11.6 Å². The molecule has 2 aromatic rings. The van der Waals surface area contributed by atoms with E-state index in [-0.39, 0.29) is 5.69 Å². The minimum Gasteiger partial charge on any atom is -0.465 e. The van der Waals surface area contributed by atoms with Crippen LogP contribution in [0.5, 0.6) is 0 Å². The zero-order valence-electron chi connectivity index (χ0n) is 11.7. The first-order valence-corrected chi connectivity index (χ1v) is 6.19. The van der Waals surface area contributed by atoms with Gasteiger partial charge in [0.1, 0.15) is 11.8 Å². The topological polar surface area (TPSA) is 64.4 Å². The Hall–Kier alpha value is -2.44. The second-order valence-electron chi connectivity index (χ2n) is 4.46. The maximum atomic E-state index is 13.9. The van der Waals surface area contributed by atoms with Gasteiger partial charge in [-0.1, -0.05) is 0 Å². The van der Waals surface area contributed by atoms with E-state index in [2.05, 4.69) is 15.0 Å². The molecule has 0 fully saturated rings. The molecule has 0 bridgehead atoms. The number of rotatable bonds is 4. The summed E-state index contributed by atoms with van der Waals surface area (Å²) in [5.41, 5.74) is -0.552. The van der Waals surface area contributed by atoms with Crippen LogP contribution in [0.4, 0.5) is 14.5 Å². The van der Waals surface area contributed by atoms with Gasteiger partial charge < -0.3 is 14.5 Å². The van der Waals surface area contributed by atoms with E-state index in [1.807, 2.05) is 0 Å². The van der Waals surface area contributed by atoms with E-state index < -0.39 is 29.2 Å². The number of benzene rings is 1. The molecule has 0 aliphatic carbocycles. The van der Waals surface area contributed by atoms with Crippen molar-refractivity contribution in [1.82, 2.24) is 4.98 Å². The lowest BCUT2D eigenvalue weighted by atomic mass is 10.1. The number of ether oxygens (including phenoxy) is 1. The molecule has 1 aromatic carbocycles. The Labute approximate surface area is 119 Å². The Bertz CT molecular complexity index is 670. The highest BCUT2D eigenvalue weighted by Gasteiger charge is 2.21. The molecule has 0 spiro atoms. The fraction of sp³-hybridized carbons (Fsp3) is 0.286. The number of aryl methyl sites for hydroxylation is 1. The quantitative estimate of drug-likeness (QED) is 0.878. The fourth-order valence-electron chi connectivity index (χ4n) is 1.80. The molecule has 0 saturated heterocycles. The summed E-state index contributed by atoms with van der Waals surface area (Å²) in [7, 11) is 1.10. The molecular formula is C14H14F2N2O3. The number of nitrogens with zero attached hydrogens (tertiary/aromatic N) is 1. The van der Waals surface area contributed by atoms with Gasteiger partial charge in [0, 0.05) is 0 Å². The molecule has 0 amide bonds. The number of carbonyl (C=O) groups excluding carboxylic acids is 1. The molecular weight excluding hydrogens is 282 g/mol. The monoisotopic (exact) mass is 296 g/mol. The van der Waals surface area contributed by atoms with E-state index in [0.29, 0.717) is 11.7 Å². The third-order valence-electron chi connectivity index (χ3n) is 2.87. The summed E-state index contributed by atoms with van der Waals surface area (Å²) < 4.78 is 37.4. The first-order chi connectivity index (χ1) is 9.93. The SMILES string of the molecule is COC(=O)c1ccc(NC(C)c2ncc(C)o2)c(F)c1F. The number of hydrogen-bond acceptors (Lipinski definition) is 5. The van der Waals surface area contributed by atoms with Crippen LogP contribution >= 0.6 is 0 Å². The summed E-state index contributed by atoms with van der Waals surface area (Å²) in [6.45, 7) is 3.42. The second kappa shape index (κ2) is 5.90. The third kappa shape index (κ3) is 3.01. The van der Waals surface area contributed by atoms with Crippen LogP contribution in [-0.4, -0.2) is 18.1 Å². The van der Waals surface area contributed by atoms with Crippen LogP contribution < -0.4 is 5.32 Å². The van der Waals surface area contributed by atoms with Gasteiger partial charge in [-0.3, -0.25) is 0 Å². The second-order valence-corrected chi connectivity index (χ2v) is 4.46. The van der Waals surface area contributed by atoms with Crippen molar-refractivity contribution in [2.45, 2.75) is 19.9 Å². The minimum absolute atomic E-state index is 0.0940. The van der Waals surface area contributed by atoms with Crippen LogP contribution in [0.25, 0.3) is 0 Å². The zero-order valence-corrected chi connectivity index (χ0v) is 11.7. The largest absolute Gasteiger partial charge is 0.465 e. The minimum atomic E-state index is -1.26. The highest BCUT2D eigenvalue weighted by Crippen LogP contribution is 2.25. The van der Waals surface area contributed by atoms with Crippen molar-refractivity contribution >= 4 is 11.7 Å². The zero-order chi connectivity index (χ0) is 15.6. The highest BCUT2D eigenvalue weighted by atomic mass is 19.2. The average Bonchev–Trinajstić information content (AvgIpc) is 2.90. The standard InChI is InChI=1S/C14H14F2N2O3/c1-7-6-17-13(21-7)8(2)18-10-5-4-9(14(19)20-3)11(15)12(10)16/h4-6,8,18H,1-3H3. The van der Waals surface area contributed by atoms with E-state index in [1.54, 1.807) is 13.8 Å².